The summed E-state index contributed by atoms with van der Waals surface area (Å²) in [7, 11) is 0. The number of hydrogen-bond donors (Lipinski definition) is 2. The Kier molecular flexibility index (Phi) is 8.07. The second-order valence-corrected chi connectivity index (χ2v) is 9.85. The van der Waals surface area contributed by atoms with Crippen LogP contribution < -0.4 is 16.2 Å². The first kappa shape index (κ1) is 25.5. The van der Waals surface area contributed by atoms with Crippen LogP contribution in [0.15, 0.2) is 82.7 Å². The molecule has 1 heterocycles. The van der Waals surface area contributed by atoms with Crippen LogP contribution in [-0.2, 0) is 11.3 Å². The Labute approximate surface area is 217 Å². The Morgan fingerprint density at radius 2 is 1.69 bits per heavy atom. The SMILES string of the molecule is CC(C)NC(=O)c1ccc(Cn2c(SCC(=O)Nc3ccc(Cl)cc3)nc3ccccc3c2=O)cc1. The van der Waals surface area contributed by atoms with Crippen LogP contribution in [0.3, 0.4) is 0 Å². The Morgan fingerprint density at radius 1 is 1.00 bits per heavy atom. The summed E-state index contributed by atoms with van der Waals surface area (Å²) in [6, 6.07) is 21.1. The number of nitrogens with zero attached hydrogens (tertiary/aromatic N) is 2. The first-order chi connectivity index (χ1) is 17.3. The molecule has 1 aromatic heterocycles. The van der Waals surface area contributed by atoms with Crippen molar-refractivity contribution < 1.29 is 9.59 Å². The first-order valence-electron chi connectivity index (χ1n) is 11.4. The van der Waals surface area contributed by atoms with E-state index in [4.69, 9.17) is 11.6 Å². The zero-order chi connectivity index (χ0) is 25.7. The lowest BCUT2D eigenvalue weighted by Gasteiger charge is -2.14. The fourth-order valence-corrected chi connectivity index (χ4v) is 4.47. The highest BCUT2D eigenvalue weighted by molar-refractivity contribution is 7.99. The topological polar surface area (TPSA) is 93.1 Å². The van der Waals surface area contributed by atoms with E-state index in [0.29, 0.717) is 32.3 Å². The highest BCUT2D eigenvalue weighted by Gasteiger charge is 2.15. The lowest BCUT2D eigenvalue weighted by molar-refractivity contribution is -0.113. The average Bonchev–Trinajstić information content (AvgIpc) is 2.86. The third-order valence-corrected chi connectivity index (χ3v) is 6.49. The van der Waals surface area contributed by atoms with Crippen molar-refractivity contribution in [2.24, 2.45) is 0 Å². The minimum Gasteiger partial charge on any atom is -0.350 e. The van der Waals surface area contributed by atoms with Gasteiger partial charge in [0.05, 0.1) is 23.2 Å². The van der Waals surface area contributed by atoms with Gasteiger partial charge in [-0.1, -0.05) is 47.6 Å². The quantitative estimate of drug-likeness (QED) is 0.253. The van der Waals surface area contributed by atoms with E-state index in [1.165, 1.54) is 11.8 Å². The van der Waals surface area contributed by atoms with Crippen LogP contribution in [0, 0.1) is 0 Å². The molecule has 9 heteroatoms. The molecule has 184 valence electrons. The lowest BCUT2D eigenvalue weighted by Crippen LogP contribution is -2.30. The molecule has 0 atom stereocenters. The highest BCUT2D eigenvalue weighted by Crippen LogP contribution is 2.20. The molecule has 0 bridgehead atoms. The summed E-state index contributed by atoms with van der Waals surface area (Å²) in [5.41, 5.74) is 2.39. The molecule has 0 aliphatic rings. The number of hydrogen-bond acceptors (Lipinski definition) is 5. The number of anilines is 1. The number of nitrogens with one attached hydrogen (secondary N) is 2. The Hall–Kier alpha value is -3.62. The number of benzene rings is 3. The average molecular weight is 521 g/mol. The number of carbonyl (C=O) groups is 2. The second-order valence-electron chi connectivity index (χ2n) is 8.47. The first-order valence-corrected chi connectivity index (χ1v) is 12.7. The number of fused-ring (bicyclic) bond motifs is 1. The number of thioether (sulfide) groups is 1. The van der Waals surface area contributed by atoms with Crippen molar-refractivity contribution in [1.82, 2.24) is 14.9 Å². The minimum atomic E-state index is -0.225. The number of para-hydroxylation sites is 1. The van der Waals surface area contributed by atoms with E-state index < -0.39 is 0 Å². The van der Waals surface area contributed by atoms with Crippen molar-refractivity contribution in [3.63, 3.8) is 0 Å². The molecule has 2 amide bonds. The number of amides is 2. The van der Waals surface area contributed by atoms with E-state index >= 15 is 0 Å². The van der Waals surface area contributed by atoms with Crippen LogP contribution in [0.4, 0.5) is 5.69 Å². The third kappa shape index (κ3) is 6.33. The van der Waals surface area contributed by atoms with Gasteiger partial charge in [-0.2, -0.15) is 0 Å². The molecular formula is C27H25ClN4O3S. The fourth-order valence-electron chi connectivity index (χ4n) is 3.55. The highest BCUT2D eigenvalue weighted by atomic mass is 35.5. The van der Waals surface area contributed by atoms with Gasteiger partial charge in [0.15, 0.2) is 5.16 Å². The van der Waals surface area contributed by atoms with Gasteiger partial charge in [-0.15, -0.1) is 0 Å². The van der Waals surface area contributed by atoms with Crippen molar-refractivity contribution in [2.45, 2.75) is 31.6 Å². The van der Waals surface area contributed by atoms with Crippen molar-refractivity contribution in [1.29, 1.82) is 0 Å². The summed E-state index contributed by atoms with van der Waals surface area (Å²) in [6.07, 6.45) is 0. The molecule has 0 radical (unpaired) electrons. The van der Waals surface area contributed by atoms with E-state index in [1.54, 1.807) is 59.2 Å². The Morgan fingerprint density at radius 3 is 2.39 bits per heavy atom. The smallest absolute Gasteiger partial charge is 0.262 e. The third-order valence-electron chi connectivity index (χ3n) is 5.26. The predicted octanol–water partition coefficient (Wildman–Crippen LogP) is 4.97. The van der Waals surface area contributed by atoms with Crippen molar-refractivity contribution >= 4 is 51.8 Å². The van der Waals surface area contributed by atoms with E-state index in [2.05, 4.69) is 15.6 Å². The molecule has 0 unspecified atom stereocenters. The minimum absolute atomic E-state index is 0.0379. The predicted molar refractivity (Wildman–Crippen MR) is 145 cm³/mol. The van der Waals surface area contributed by atoms with E-state index in [9.17, 15) is 14.4 Å². The molecule has 4 aromatic rings. The molecule has 7 nitrogen and oxygen atoms in total. The number of halogens is 1. The molecule has 0 aliphatic carbocycles. The lowest BCUT2D eigenvalue weighted by atomic mass is 10.1. The second kappa shape index (κ2) is 11.4. The van der Waals surface area contributed by atoms with E-state index in [0.717, 1.165) is 5.56 Å². The molecule has 0 aliphatic heterocycles. The molecule has 0 saturated carbocycles. The number of aromatic nitrogens is 2. The molecule has 0 fully saturated rings. The van der Waals surface area contributed by atoms with Crippen LogP contribution in [0.1, 0.15) is 29.8 Å². The zero-order valence-electron chi connectivity index (χ0n) is 19.8. The monoisotopic (exact) mass is 520 g/mol. The van der Waals surface area contributed by atoms with Gasteiger partial charge in [-0.25, -0.2) is 4.98 Å². The van der Waals surface area contributed by atoms with Crippen LogP contribution in [0.2, 0.25) is 5.02 Å². The van der Waals surface area contributed by atoms with Crippen LogP contribution in [-0.4, -0.2) is 33.2 Å². The van der Waals surface area contributed by atoms with Gasteiger partial charge in [0.2, 0.25) is 5.91 Å². The van der Waals surface area contributed by atoms with Crippen LogP contribution >= 0.6 is 23.4 Å². The summed E-state index contributed by atoms with van der Waals surface area (Å²) in [5, 5.41) is 7.20. The van der Waals surface area contributed by atoms with Gasteiger partial charge in [-0.05, 0) is 67.9 Å². The van der Waals surface area contributed by atoms with E-state index in [1.807, 2.05) is 32.0 Å². The standard InChI is InChI=1S/C27H25ClN4O3S/c1-17(2)29-25(34)19-9-7-18(8-10-19)15-32-26(35)22-5-3-4-6-23(22)31-27(32)36-16-24(33)30-21-13-11-20(28)12-14-21/h3-14,17H,15-16H2,1-2H3,(H,29,34)(H,30,33). The van der Waals surface area contributed by atoms with Gasteiger partial charge in [0, 0.05) is 22.3 Å². The van der Waals surface area contributed by atoms with Gasteiger partial charge in [-0.3, -0.25) is 19.0 Å². The molecule has 0 spiro atoms. The molecule has 36 heavy (non-hydrogen) atoms. The summed E-state index contributed by atoms with van der Waals surface area (Å²) < 4.78 is 1.56. The van der Waals surface area contributed by atoms with Crippen LogP contribution in [0.5, 0.6) is 0 Å². The van der Waals surface area contributed by atoms with Crippen molar-refractivity contribution in [3.05, 3.63) is 99.3 Å². The Balaban J connectivity index is 1.57. The normalized spacial score (nSPS) is 11.0. The number of carbonyl (C=O) groups excluding carboxylic acids is 2. The summed E-state index contributed by atoms with van der Waals surface area (Å²) >= 11 is 7.09. The van der Waals surface area contributed by atoms with Gasteiger partial charge < -0.3 is 10.6 Å². The molecule has 0 saturated heterocycles. The number of rotatable bonds is 8. The maximum absolute atomic E-state index is 13.4. The van der Waals surface area contributed by atoms with Gasteiger partial charge in [0.1, 0.15) is 0 Å². The van der Waals surface area contributed by atoms with Crippen LogP contribution in [0.25, 0.3) is 10.9 Å². The maximum atomic E-state index is 13.4. The van der Waals surface area contributed by atoms with Crippen molar-refractivity contribution in [2.75, 3.05) is 11.1 Å². The largest absolute Gasteiger partial charge is 0.350 e. The van der Waals surface area contributed by atoms with Crippen molar-refractivity contribution in [3.8, 4) is 0 Å². The maximum Gasteiger partial charge on any atom is 0.262 e. The molecule has 2 N–H and O–H groups in total. The van der Waals surface area contributed by atoms with Gasteiger partial charge in [0.25, 0.3) is 11.5 Å². The zero-order valence-corrected chi connectivity index (χ0v) is 21.4. The molecule has 3 aromatic carbocycles. The molecular weight excluding hydrogens is 496 g/mol. The summed E-state index contributed by atoms with van der Waals surface area (Å²) in [6.45, 7) is 4.06. The van der Waals surface area contributed by atoms with E-state index in [-0.39, 0.29) is 35.7 Å². The summed E-state index contributed by atoms with van der Waals surface area (Å²) in [5.74, 6) is -0.303. The van der Waals surface area contributed by atoms with Gasteiger partial charge >= 0.3 is 0 Å². The molecule has 4 rings (SSSR count). The summed E-state index contributed by atoms with van der Waals surface area (Å²) in [4.78, 5) is 42.8. The fraction of sp³-hybridized carbons (Fsp3) is 0.185. The Bertz CT molecular complexity index is 1450.